The number of fused-ring (bicyclic) bond motifs is 1. The van der Waals surface area contributed by atoms with Crippen molar-refractivity contribution in [1.29, 1.82) is 0 Å². The van der Waals surface area contributed by atoms with E-state index < -0.39 is 42.1 Å². The van der Waals surface area contributed by atoms with Crippen molar-refractivity contribution in [2.45, 2.75) is 84.2 Å². The second kappa shape index (κ2) is 20.1. The quantitative estimate of drug-likeness (QED) is 0.113. The Bertz CT molecular complexity index is 1870. The Labute approximate surface area is 337 Å². The van der Waals surface area contributed by atoms with Gasteiger partial charge in [0.05, 0.1) is 60.1 Å². The highest BCUT2D eigenvalue weighted by atomic mass is 79.9. The summed E-state index contributed by atoms with van der Waals surface area (Å²) in [5.41, 5.74) is 1.61. The van der Waals surface area contributed by atoms with Crippen LogP contribution in [0.1, 0.15) is 60.3 Å². The number of hydrogen-bond acceptors (Lipinski definition) is 17. The molecule has 1 amide bonds. The van der Waals surface area contributed by atoms with Crippen LogP contribution in [0.15, 0.2) is 34.0 Å². The van der Waals surface area contributed by atoms with Crippen LogP contribution in [0.5, 0.6) is 5.88 Å². The molecule has 1 aromatic carbocycles. The summed E-state index contributed by atoms with van der Waals surface area (Å²) in [7, 11) is 0. The van der Waals surface area contributed by atoms with E-state index in [1.807, 2.05) is 20.8 Å². The van der Waals surface area contributed by atoms with Gasteiger partial charge in [0.2, 0.25) is 11.8 Å². The van der Waals surface area contributed by atoms with E-state index >= 15 is 0 Å². The Kier molecular flexibility index (Phi) is 15.3. The molecule has 0 bridgehead atoms. The van der Waals surface area contributed by atoms with E-state index in [0.717, 1.165) is 11.7 Å². The van der Waals surface area contributed by atoms with Crippen molar-refractivity contribution in [3.8, 4) is 5.88 Å². The minimum Gasteiger partial charge on any atom is -0.474 e. The zero-order valence-corrected chi connectivity index (χ0v) is 34.5. The fourth-order valence-electron chi connectivity index (χ4n) is 5.62. The van der Waals surface area contributed by atoms with Gasteiger partial charge in [0.25, 0.3) is 11.8 Å². The van der Waals surface area contributed by atoms with Gasteiger partial charge in [0, 0.05) is 50.7 Å². The zero-order valence-electron chi connectivity index (χ0n) is 32.1. The Morgan fingerprint density at radius 3 is 2.48 bits per heavy atom. The van der Waals surface area contributed by atoms with Gasteiger partial charge >= 0.3 is 17.9 Å². The van der Waals surface area contributed by atoms with Gasteiger partial charge in [-0.15, -0.1) is 4.37 Å². The Morgan fingerprint density at radius 1 is 1.00 bits per heavy atom. The number of ether oxygens (including phenoxy) is 5. The first kappa shape index (κ1) is 42.6. The minimum absolute atomic E-state index is 0.219. The SMILES string of the molecule is CC(OC(=O)CCC(=O)O[C@H](CCCOc1nsnc1N1CCOCC1)CNC(C)(C)C)C(=O)OC(C)C(=O)N1CCN/C1=N/c1ccc2nccnc2c1Br. The van der Waals surface area contributed by atoms with Crippen LogP contribution in [-0.2, 0) is 38.1 Å². The molecule has 4 heterocycles. The Morgan fingerprint density at radius 2 is 1.73 bits per heavy atom. The number of hydrogen-bond donors (Lipinski definition) is 2. The molecule has 56 heavy (non-hydrogen) atoms. The molecule has 20 heteroatoms. The molecule has 304 valence electrons. The standard InChI is InChI=1S/C36H48BrN9O9S/c1-22(33(49)46-15-14-40-35(46)42-25-8-9-26-30(29(25)37)39-13-12-38-26)54-34(50)23(2)53-27(47)10-11-28(48)55-24(21-41-36(3,4)5)7-6-18-52-32-31(43-56-44-32)45-16-19-51-20-17-45/h8-9,12-13,22-24,41H,6-7,10-11,14-21H2,1-5H3,(H,40,42)/t22?,23?,24-/m1/s1. The van der Waals surface area contributed by atoms with Crippen LogP contribution in [0.25, 0.3) is 11.0 Å². The molecule has 0 radical (unpaired) electrons. The number of guanidine groups is 1. The number of halogens is 1. The van der Waals surface area contributed by atoms with E-state index in [-0.39, 0.29) is 24.3 Å². The highest BCUT2D eigenvalue weighted by Crippen LogP contribution is 2.32. The number of nitrogens with one attached hydrogen (secondary N) is 2. The largest absolute Gasteiger partial charge is 0.474 e. The van der Waals surface area contributed by atoms with Crippen LogP contribution in [0.3, 0.4) is 0 Å². The lowest BCUT2D eigenvalue weighted by Gasteiger charge is -2.27. The number of carbonyl (C=O) groups is 4. The normalized spacial score (nSPS) is 16.9. The van der Waals surface area contributed by atoms with Crippen molar-refractivity contribution in [3.63, 3.8) is 0 Å². The smallest absolute Gasteiger partial charge is 0.347 e. The fraction of sp³-hybridized carbons (Fsp3) is 0.583. The maximum absolute atomic E-state index is 13.3. The molecule has 2 saturated heterocycles. The van der Waals surface area contributed by atoms with Gasteiger partial charge in [-0.1, -0.05) is 0 Å². The highest BCUT2D eigenvalue weighted by molar-refractivity contribution is 9.10. The monoisotopic (exact) mass is 861 g/mol. The second-order valence-electron chi connectivity index (χ2n) is 14.1. The topological polar surface area (TPSA) is 209 Å². The van der Waals surface area contributed by atoms with Crippen LogP contribution in [-0.4, -0.2) is 130 Å². The lowest BCUT2D eigenvalue weighted by Crippen LogP contribution is -2.43. The Hall–Kier alpha value is -4.53. The molecule has 0 aliphatic carbocycles. The molecule has 2 N–H and O–H groups in total. The number of benzene rings is 1. The summed E-state index contributed by atoms with van der Waals surface area (Å²) >= 11 is 4.61. The molecule has 2 unspecified atom stereocenters. The number of amides is 1. The number of carbonyl (C=O) groups excluding carboxylic acids is 4. The molecule has 2 fully saturated rings. The van der Waals surface area contributed by atoms with E-state index in [1.165, 1.54) is 18.7 Å². The number of aromatic nitrogens is 4. The van der Waals surface area contributed by atoms with Gasteiger partial charge in [-0.05, 0) is 75.5 Å². The van der Waals surface area contributed by atoms with Crippen molar-refractivity contribution < 1.29 is 42.9 Å². The van der Waals surface area contributed by atoms with Gasteiger partial charge in [-0.2, -0.15) is 4.37 Å². The molecule has 5 rings (SSSR count). The number of aliphatic imine (C=N–C) groups is 1. The van der Waals surface area contributed by atoms with Crippen molar-refractivity contribution in [2.75, 3.05) is 57.4 Å². The minimum atomic E-state index is -1.33. The molecular weight excluding hydrogens is 814 g/mol. The first-order chi connectivity index (χ1) is 26.8. The summed E-state index contributed by atoms with van der Waals surface area (Å²) in [5, 5.41) is 6.44. The van der Waals surface area contributed by atoms with Crippen LogP contribution in [0.4, 0.5) is 11.5 Å². The molecule has 2 aliphatic rings. The molecule has 2 aliphatic heterocycles. The fourth-order valence-corrected chi connectivity index (χ4v) is 6.67. The van der Waals surface area contributed by atoms with E-state index in [9.17, 15) is 19.2 Å². The van der Waals surface area contributed by atoms with Crippen molar-refractivity contribution in [2.24, 2.45) is 4.99 Å². The average Bonchev–Trinajstić information content (AvgIpc) is 3.85. The van der Waals surface area contributed by atoms with E-state index in [1.54, 1.807) is 24.5 Å². The number of esters is 3. The lowest BCUT2D eigenvalue weighted by molar-refractivity contribution is -0.173. The number of rotatable bonds is 17. The molecule has 0 saturated carbocycles. The number of nitrogens with zero attached hydrogens (tertiary/aromatic N) is 7. The predicted molar refractivity (Wildman–Crippen MR) is 210 cm³/mol. The number of morpholine rings is 1. The third kappa shape index (κ3) is 12.2. The summed E-state index contributed by atoms with van der Waals surface area (Å²) < 4.78 is 37.0. The molecule has 0 spiro atoms. The van der Waals surface area contributed by atoms with Crippen LogP contribution >= 0.6 is 27.7 Å². The molecule has 3 atom stereocenters. The summed E-state index contributed by atoms with van der Waals surface area (Å²) in [6.07, 6.45) is 0.657. The summed E-state index contributed by atoms with van der Waals surface area (Å²) in [5.74, 6) is -1.35. The third-order valence-corrected chi connectivity index (χ3v) is 9.84. The molecule has 3 aromatic rings. The predicted octanol–water partition coefficient (Wildman–Crippen LogP) is 3.30. The first-order valence-electron chi connectivity index (χ1n) is 18.4. The van der Waals surface area contributed by atoms with Gasteiger partial charge in [0.1, 0.15) is 11.6 Å². The summed E-state index contributed by atoms with van der Waals surface area (Å²) in [6.45, 7) is 12.9. The van der Waals surface area contributed by atoms with Crippen LogP contribution < -0.4 is 20.3 Å². The van der Waals surface area contributed by atoms with Crippen molar-refractivity contribution in [3.05, 3.63) is 29.0 Å². The number of anilines is 1. The third-order valence-electron chi connectivity index (χ3n) is 8.56. The molecule has 18 nitrogen and oxygen atoms in total. The van der Waals surface area contributed by atoms with Crippen molar-refractivity contribution in [1.82, 2.24) is 34.2 Å². The van der Waals surface area contributed by atoms with Gasteiger partial charge < -0.3 is 39.2 Å². The van der Waals surface area contributed by atoms with E-state index in [0.29, 0.717) is 98.3 Å². The van der Waals surface area contributed by atoms with E-state index in [2.05, 4.69) is 55.2 Å². The van der Waals surface area contributed by atoms with Gasteiger partial charge in [-0.3, -0.25) is 29.3 Å². The van der Waals surface area contributed by atoms with Gasteiger partial charge in [0.15, 0.2) is 12.2 Å². The van der Waals surface area contributed by atoms with Gasteiger partial charge in [-0.25, -0.2) is 9.79 Å². The lowest BCUT2D eigenvalue weighted by atomic mass is 10.1. The molecule has 2 aromatic heterocycles. The summed E-state index contributed by atoms with van der Waals surface area (Å²) in [4.78, 5) is 68.3. The maximum atomic E-state index is 13.3. The summed E-state index contributed by atoms with van der Waals surface area (Å²) in [6, 6.07) is 3.52. The second-order valence-corrected chi connectivity index (χ2v) is 15.4. The van der Waals surface area contributed by atoms with Crippen molar-refractivity contribution >= 4 is 80.0 Å². The highest BCUT2D eigenvalue weighted by Gasteiger charge is 2.33. The zero-order chi connectivity index (χ0) is 40.2. The first-order valence-corrected chi connectivity index (χ1v) is 20.0. The van der Waals surface area contributed by atoms with Crippen LogP contribution in [0.2, 0.25) is 0 Å². The average molecular weight is 863 g/mol. The maximum Gasteiger partial charge on any atom is 0.347 e. The Balaban J connectivity index is 1.05. The van der Waals surface area contributed by atoms with Crippen LogP contribution in [0, 0.1) is 0 Å². The molecular formula is C36H48BrN9O9S. The van der Waals surface area contributed by atoms with E-state index in [4.69, 9.17) is 23.7 Å².